The summed E-state index contributed by atoms with van der Waals surface area (Å²) in [6, 6.07) is 34.6. The van der Waals surface area contributed by atoms with E-state index in [-0.39, 0.29) is 5.56 Å². The van der Waals surface area contributed by atoms with Gasteiger partial charge in [-0.1, -0.05) is 102 Å². The Bertz CT molecular complexity index is 2060. The van der Waals surface area contributed by atoms with Crippen LogP contribution in [-0.2, 0) is 7.05 Å². The van der Waals surface area contributed by atoms with Gasteiger partial charge in [0, 0.05) is 34.1 Å². The SMILES string of the molecule is Cn1c(=O)c2c(Nc3c(-c4ccc(Cl)cc4)noc3-c3ccccc3)c(-c3ccccc3)oc2c2ccccc21. The van der Waals surface area contributed by atoms with Crippen LogP contribution in [-0.4, -0.2) is 9.72 Å². The van der Waals surface area contributed by atoms with Gasteiger partial charge in [0.1, 0.15) is 16.8 Å². The highest BCUT2D eigenvalue weighted by Gasteiger charge is 2.26. The summed E-state index contributed by atoms with van der Waals surface area (Å²) in [7, 11) is 1.77. The molecule has 194 valence electrons. The number of para-hydroxylation sites is 1. The molecule has 7 aromatic rings. The molecule has 0 aliphatic heterocycles. The summed E-state index contributed by atoms with van der Waals surface area (Å²) in [5.41, 5.74) is 5.36. The standard InChI is InChI=1S/C33H22ClN3O3/c1-37-25-15-9-8-14-24(25)32-26(33(37)38)28(30(39-32)21-10-4-2-5-11-21)35-29-27(20-16-18-23(34)19-17-20)36-40-31(29)22-12-6-3-7-13-22/h2-19,35H,1H3. The van der Waals surface area contributed by atoms with Crippen LogP contribution in [0.15, 0.2) is 123 Å². The molecule has 0 spiro atoms. The molecule has 0 amide bonds. The summed E-state index contributed by atoms with van der Waals surface area (Å²) >= 11 is 6.18. The maximum atomic E-state index is 13.9. The van der Waals surface area contributed by atoms with Gasteiger partial charge >= 0.3 is 0 Å². The first-order chi connectivity index (χ1) is 19.6. The highest BCUT2D eigenvalue weighted by atomic mass is 35.5. The summed E-state index contributed by atoms with van der Waals surface area (Å²) in [6.45, 7) is 0. The van der Waals surface area contributed by atoms with Crippen LogP contribution in [0.25, 0.3) is 55.8 Å². The third-order valence-electron chi connectivity index (χ3n) is 7.07. The topological polar surface area (TPSA) is 73.2 Å². The van der Waals surface area contributed by atoms with Gasteiger partial charge in [-0.15, -0.1) is 0 Å². The maximum absolute atomic E-state index is 13.9. The number of pyridine rings is 1. The van der Waals surface area contributed by atoms with Gasteiger partial charge in [0.2, 0.25) is 0 Å². The fraction of sp³-hybridized carbons (Fsp3) is 0.0303. The number of aromatic nitrogens is 2. The molecule has 7 rings (SSSR count). The summed E-state index contributed by atoms with van der Waals surface area (Å²) in [4.78, 5) is 13.9. The van der Waals surface area contributed by atoms with Crippen LogP contribution in [0.4, 0.5) is 11.4 Å². The molecule has 1 N–H and O–H groups in total. The highest BCUT2D eigenvalue weighted by molar-refractivity contribution is 6.30. The zero-order valence-corrected chi connectivity index (χ0v) is 22.1. The van der Waals surface area contributed by atoms with Gasteiger partial charge < -0.3 is 18.8 Å². The van der Waals surface area contributed by atoms with Crippen molar-refractivity contribution in [2.75, 3.05) is 5.32 Å². The highest BCUT2D eigenvalue weighted by Crippen LogP contribution is 2.45. The van der Waals surface area contributed by atoms with Crippen LogP contribution in [0, 0.1) is 0 Å². The average Bonchev–Trinajstić information content (AvgIpc) is 3.60. The fourth-order valence-electron chi connectivity index (χ4n) is 5.09. The van der Waals surface area contributed by atoms with Crippen LogP contribution in [0.3, 0.4) is 0 Å². The Kier molecular flexibility index (Phi) is 5.76. The van der Waals surface area contributed by atoms with E-state index in [2.05, 4.69) is 10.5 Å². The normalized spacial score (nSPS) is 11.3. The summed E-state index contributed by atoms with van der Waals surface area (Å²) in [6.07, 6.45) is 0. The second-order valence-corrected chi connectivity index (χ2v) is 9.93. The van der Waals surface area contributed by atoms with Crippen LogP contribution in [0.5, 0.6) is 0 Å². The van der Waals surface area contributed by atoms with Crippen molar-refractivity contribution in [3.63, 3.8) is 0 Å². The molecule has 0 unspecified atom stereocenters. The molecule has 0 aliphatic rings. The predicted molar refractivity (Wildman–Crippen MR) is 160 cm³/mol. The van der Waals surface area contributed by atoms with E-state index in [1.165, 1.54) is 0 Å². The number of halogens is 1. The van der Waals surface area contributed by atoms with Crippen LogP contribution >= 0.6 is 11.6 Å². The molecule has 0 saturated heterocycles. The molecular formula is C33H22ClN3O3. The minimum atomic E-state index is -0.173. The maximum Gasteiger partial charge on any atom is 0.264 e. The molecule has 0 aliphatic carbocycles. The third kappa shape index (κ3) is 3.89. The lowest BCUT2D eigenvalue weighted by Crippen LogP contribution is -2.17. The molecule has 0 radical (unpaired) electrons. The third-order valence-corrected chi connectivity index (χ3v) is 7.32. The number of nitrogens with one attached hydrogen (secondary N) is 1. The molecule has 6 nitrogen and oxygen atoms in total. The van der Waals surface area contributed by atoms with E-state index in [0.29, 0.717) is 44.6 Å². The predicted octanol–water partition coefficient (Wildman–Crippen LogP) is 8.67. The van der Waals surface area contributed by atoms with Crippen molar-refractivity contribution >= 4 is 44.8 Å². The number of benzene rings is 4. The number of anilines is 2. The Balaban J connectivity index is 1.54. The first-order valence-corrected chi connectivity index (χ1v) is 13.2. The minimum absolute atomic E-state index is 0.173. The summed E-state index contributed by atoms with van der Waals surface area (Å²) in [5, 5.41) is 9.92. The number of fused-ring (bicyclic) bond motifs is 3. The summed E-state index contributed by atoms with van der Waals surface area (Å²) in [5.74, 6) is 1.09. The van der Waals surface area contributed by atoms with E-state index >= 15 is 0 Å². The molecule has 0 saturated carbocycles. The molecular weight excluding hydrogens is 522 g/mol. The van der Waals surface area contributed by atoms with Gasteiger partial charge in [0.25, 0.3) is 5.56 Å². The van der Waals surface area contributed by atoms with Gasteiger partial charge in [0.15, 0.2) is 17.1 Å². The van der Waals surface area contributed by atoms with Crippen molar-refractivity contribution in [2.45, 2.75) is 0 Å². The number of rotatable bonds is 5. The first-order valence-electron chi connectivity index (χ1n) is 12.8. The fourth-order valence-corrected chi connectivity index (χ4v) is 5.22. The number of hydrogen-bond donors (Lipinski definition) is 1. The molecule has 0 fully saturated rings. The average molecular weight is 544 g/mol. The van der Waals surface area contributed by atoms with Crippen LogP contribution in [0.2, 0.25) is 5.02 Å². The summed E-state index contributed by atoms with van der Waals surface area (Å²) < 4.78 is 14.1. The number of aryl methyl sites for hydroxylation is 1. The number of hydrogen-bond acceptors (Lipinski definition) is 5. The Morgan fingerprint density at radius 1 is 0.725 bits per heavy atom. The zero-order chi connectivity index (χ0) is 27.2. The largest absolute Gasteiger partial charge is 0.453 e. The van der Waals surface area contributed by atoms with E-state index in [1.807, 2.05) is 109 Å². The van der Waals surface area contributed by atoms with E-state index in [4.69, 9.17) is 20.5 Å². The zero-order valence-electron chi connectivity index (χ0n) is 21.4. The van der Waals surface area contributed by atoms with E-state index in [1.54, 1.807) is 11.6 Å². The lowest BCUT2D eigenvalue weighted by Gasteiger charge is -2.10. The van der Waals surface area contributed by atoms with Gasteiger partial charge in [-0.05, 0) is 24.3 Å². The number of furan rings is 1. The van der Waals surface area contributed by atoms with Gasteiger partial charge in [-0.3, -0.25) is 4.79 Å². The van der Waals surface area contributed by atoms with E-state index in [9.17, 15) is 4.79 Å². The Hall–Kier alpha value is -5.07. The Labute approximate surface area is 234 Å². The molecule has 0 atom stereocenters. The molecule has 4 aromatic carbocycles. The van der Waals surface area contributed by atoms with Gasteiger partial charge in [0.05, 0.1) is 11.2 Å². The van der Waals surface area contributed by atoms with Crippen LogP contribution in [0.1, 0.15) is 0 Å². The van der Waals surface area contributed by atoms with Gasteiger partial charge in [-0.2, -0.15) is 0 Å². The van der Waals surface area contributed by atoms with Crippen molar-refractivity contribution in [1.29, 1.82) is 0 Å². The molecule has 40 heavy (non-hydrogen) atoms. The number of nitrogens with zero attached hydrogens (tertiary/aromatic N) is 2. The van der Waals surface area contributed by atoms with Crippen LogP contribution < -0.4 is 10.9 Å². The second-order valence-electron chi connectivity index (χ2n) is 9.49. The van der Waals surface area contributed by atoms with Gasteiger partial charge in [-0.25, -0.2) is 0 Å². The second kappa shape index (κ2) is 9.59. The molecule has 3 aromatic heterocycles. The minimum Gasteiger partial charge on any atom is -0.453 e. The lowest BCUT2D eigenvalue weighted by atomic mass is 10.0. The van der Waals surface area contributed by atoms with Crippen molar-refractivity contribution < 1.29 is 8.94 Å². The molecule has 7 heteroatoms. The quantitative estimate of drug-likeness (QED) is 0.235. The van der Waals surface area contributed by atoms with E-state index in [0.717, 1.165) is 27.6 Å². The molecule has 3 heterocycles. The lowest BCUT2D eigenvalue weighted by molar-refractivity contribution is 0.435. The van der Waals surface area contributed by atoms with Crippen molar-refractivity contribution in [2.24, 2.45) is 7.05 Å². The van der Waals surface area contributed by atoms with Crippen molar-refractivity contribution in [3.05, 3.63) is 125 Å². The Morgan fingerprint density at radius 3 is 2.05 bits per heavy atom. The Morgan fingerprint density at radius 2 is 1.35 bits per heavy atom. The monoisotopic (exact) mass is 543 g/mol. The smallest absolute Gasteiger partial charge is 0.264 e. The molecule has 0 bridgehead atoms. The van der Waals surface area contributed by atoms with E-state index < -0.39 is 0 Å². The van der Waals surface area contributed by atoms with Crippen molar-refractivity contribution in [3.8, 4) is 33.9 Å². The van der Waals surface area contributed by atoms with Crippen molar-refractivity contribution in [1.82, 2.24) is 9.72 Å². The first kappa shape index (κ1) is 24.0.